The lowest BCUT2D eigenvalue weighted by Crippen LogP contribution is -2.17. The molecule has 0 aliphatic carbocycles. The number of thiophene rings is 1. The number of halogens is 1. The lowest BCUT2D eigenvalue weighted by Gasteiger charge is -2.11. The molecule has 1 aromatic carbocycles. The van der Waals surface area contributed by atoms with Gasteiger partial charge in [0.05, 0.1) is 9.77 Å². The van der Waals surface area contributed by atoms with Crippen LogP contribution >= 0.6 is 23.3 Å². The minimum atomic E-state index is -0.532. The maximum absolute atomic E-state index is 13.5. The summed E-state index contributed by atoms with van der Waals surface area (Å²) in [5, 5.41) is 8.56. The number of hydrogen-bond acceptors (Lipinski definition) is 5. The van der Waals surface area contributed by atoms with E-state index < -0.39 is 5.91 Å². The molecule has 0 saturated carbocycles. The van der Waals surface area contributed by atoms with Crippen molar-refractivity contribution in [3.63, 3.8) is 0 Å². The number of rotatable bonds is 5. The van der Waals surface area contributed by atoms with Gasteiger partial charge < -0.3 is 0 Å². The Labute approximate surface area is 124 Å². The van der Waals surface area contributed by atoms with Crippen molar-refractivity contribution < 1.29 is 14.4 Å². The van der Waals surface area contributed by atoms with Crippen LogP contribution in [0.5, 0.6) is 0 Å². The van der Waals surface area contributed by atoms with Crippen LogP contribution in [-0.2, 0) is 0 Å². The summed E-state index contributed by atoms with van der Waals surface area (Å²) in [4.78, 5) is 13.1. The molecule has 0 bridgehead atoms. The van der Waals surface area contributed by atoms with E-state index in [1.807, 2.05) is 6.92 Å². The molecule has 7 heteroatoms. The Kier molecular flexibility index (Phi) is 5.13. The highest BCUT2D eigenvalue weighted by atomic mass is 32.2. The van der Waals surface area contributed by atoms with E-state index in [9.17, 15) is 9.18 Å². The maximum Gasteiger partial charge on any atom is 0.284 e. The van der Waals surface area contributed by atoms with Crippen LogP contribution in [0.25, 0.3) is 0 Å². The third kappa shape index (κ3) is 3.57. The maximum atomic E-state index is 13.5. The molecule has 0 radical (unpaired) electrons. The van der Waals surface area contributed by atoms with Gasteiger partial charge in [0.25, 0.3) is 5.91 Å². The summed E-state index contributed by atoms with van der Waals surface area (Å²) in [5.41, 5.74) is 1.60. The van der Waals surface area contributed by atoms with Crippen molar-refractivity contribution in [3.05, 3.63) is 52.0 Å². The van der Waals surface area contributed by atoms with Gasteiger partial charge in [-0.05, 0) is 43.1 Å². The Morgan fingerprint density at radius 1 is 1.35 bits per heavy atom. The molecule has 3 N–H and O–H groups in total. The summed E-state index contributed by atoms with van der Waals surface area (Å²) < 4.78 is 16.6. The molecule has 0 aliphatic rings. The van der Waals surface area contributed by atoms with Gasteiger partial charge in [-0.25, -0.2) is 9.87 Å². The number of benzene rings is 1. The first-order valence-corrected chi connectivity index (χ1v) is 7.46. The molecule has 0 saturated heterocycles. The van der Waals surface area contributed by atoms with Gasteiger partial charge in [-0.3, -0.25) is 14.7 Å². The molecule has 0 fully saturated rings. The van der Waals surface area contributed by atoms with Crippen molar-refractivity contribution in [2.24, 2.45) is 0 Å². The molecular formula is C13H13FN2O2S2. The number of hydroxylamine groups is 1. The first kappa shape index (κ1) is 15.0. The van der Waals surface area contributed by atoms with E-state index in [-0.39, 0.29) is 11.9 Å². The SMILES string of the molecule is CC(NSc1ccccc1F)c1ccc(C(=O)NO)s1. The minimum absolute atomic E-state index is 0.0511. The van der Waals surface area contributed by atoms with Gasteiger partial charge >= 0.3 is 0 Å². The van der Waals surface area contributed by atoms with Crippen molar-refractivity contribution >= 4 is 29.2 Å². The third-order valence-corrected chi connectivity index (χ3v) is 4.85. The van der Waals surface area contributed by atoms with Crippen LogP contribution < -0.4 is 10.2 Å². The Hall–Kier alpha value is -1.41. The van der Waals surface area contributed by atoms with Crippen LogP contribution in [0.2, 0.25) is 0 Å². The Balaban J connectivity index is 1.98. The molecule has 4 nitrogen and oxygen atoms in total. The summed E-state index contributed by atoms with van der Waals surface area (Å²) in [6.07, 6.45) is 0. The van der Waals surface area contributed by atoms with Crippen molar-refractivity contribution in [1.29, 1.82) is 0 Å². The van der Waals surface area contributed by atoms with Crippen LogP contribution in [0.15, 0.2) is 41.3 Å². The zero-order valence-corrected chi connectivity index (χ0v) is 12.2. The lowest BCUT2D eigenvalue weighted by molar-refractivity contribution is 0.0711. The molecule has 1 amide bonds. The smallest absolute Gasteiger partial charge is 0.284 e. The molecule has 1 heterocycles. The Morgan fingerprint density at radius 3 is 2.80 bits per heavy atom. The highest BCUT2D eigenvalue weighted by molar-refractivity contribution is 7.97. The topological polar surface area (TPSA) is 61.4 Å². The van der Waals surface area contributed by atoms with Crippen molar-refractivity contribution in [3.8, 4) is 0 Å². The molecule has 2 aromatic rings. The summed E-state index contributed by atoms with van der Waals surface area (Å²) in [6, 6.07) is 9.90. The summed E-state index contributed by atoms with van der Waals surface area (Å²) >= 11 is 2.48. The number of nitrogens with one attached hydrogen (secondary N) is 2. The molecule has 1 aromatic heterocycles. The first-order valence-electron chi connectivity index (χ1n) is 5.83. The van der Waals surface area contributed by atoms with Crippen LogP contribution in [0.4, 0.5) is 4.39 Å². The molecule has 106 valence electrons. The Morgan fingerprint density at radius 2 is 2.10 bits per heavy atom. The van der Waals surface area contributed by atoms with E-state index >= 15 is 0 Å². The third-order valence-electron chi connectivity index (χ3n) is 2.56. The second-order valence-electron chi connectivity index (χ2n) is 4.01. The van der Waals surface area contributed by atoms with Crippen LogP contribution in [0.1, 0.15) is 27.5 Å². The fourth-order valence-corrected chi connectivity index (χ4v) is 3.22. The van der Waals surface area contributed by atoms with E-state index in [0.717, 1.165) is 4.88 Å². The molecule has 2 rings (SSSR count). The van der Waals surface area contributed by atoms with Gasteiger partial charge in [0.2, 0.25) is 0 Å². The largest absolute Gasteiger partial charge is 0.288 e. The minimum Gasteiger partial charge on any atom is -0.288 e. The van der Waals surface area contributed by atoms with Gasteiger partial charge in [0.1, 0.15) is 5.82 Å². The zero-order chi connectivity index (χ0) is 14.5. The summed E-state index contributed by atoms with van der Waals surface area (Å²) in [5.74, 6) is -0.807. The fraction of sp³-hybridized carbons (Fsp3) is 0.154. The number of carbonyl (C=O) groups is 1. The first-order chi connectivity index (χ1) is 9.61. The molecule has 0 aliphatic heterocycles. The van der Waals surface area contributed by atoms with Gasteiger partial charge in [-0.15, -0.1) is 11.3 Å². The molecule has 1 atom stereocenters. The average molecular weight is 312 g/mol. The average Bonchev–Trinajstić information content (AvgIpc) is 2.95. The standard InChI is InChI=1S/C13H13FN2O2S2/c1-8(10-6-7-12(19-10)13(17)15-18)16-20-11-5-3-2-4-9(11)14/h2-8,16,18H,1H3,(H,15,17). The molecule has 0 spiro atoms. The van der Waals surface area contributed by atoms with Crippen LogP contribution in [0.3, 0.4) is 0 Å². The van der Waals surface area contributed by atoms with E-state index in [0.29, 0.717) is 9.77 Å². The second-order valence-corrected chi connectivity index (χ2v) is 6.01. The summed E-state index contributed by atoms with van der Waals surface area (Å²) in [6.45, 7) is 1.92. The van der Waals surface area contributed by atoms with Crippen LogP contribution in [-0.4, -0.2) is 11.1 Å². The predicted octanol–water partition coefficient (Wildman–Crippen LogP) is 3.36. The lowest BCUT2D eigenvalue weighted by atomic mass is 10.3. The van der Waals surface area contributed by atoms with E-state index in [1.54, 1.807) is 35.8 Å². The molecule has 1 unspecified atom stereocenters. The fourth-order valence-electron chi connectivity index (χ4n) is 1.50. The van der Waals surface area contributed by atoms with Gasteiger partial charge in [-0.2, -0.15) is 0 Å². The zero-order valence-electron chi connectivity index (χ0n) is 10.6. The quantitative estimate of drug-likeness (QED) is 0.450. The number of amides is 1. The van der Waals surface area contributed by atoms with Crippen LogP contribution in [0, 0.1) is 5.82 Å². The Bertz CT molecular complexity index is 604. The highest BCUT2D eigenvalue weighted by Gasteiger charge is 2.13. The predicted molar refractivity (Wildman–Crippen MR) is 77.4 cm³/mol. The number of carbonyl (C=O) groups excluding carboxylic acids is 1. The number of hydrogen-bond donors (Lipinski definition) is 3. The molecule has 20 heavy (non-hydrogen) atoms. The van der Waals surface area contributed by atoms with Gasteiger partial charge in [-0.1, -0.05) is 12.1 Å². The second kappa shape index (κ2) is 6.85. The van der Waals surface area contributed by atoms with E-state index in [1.165, 1.54) is 29.4 Å². The highest BCUT2D eigenvalue weighted by Crippen LogP contribution is 2.27. The van der Waals surface area contributed by atoms with Crippen molar-refractivity contribution in [1.82, 2.24) is 10.2 Å². The monoisotopic (exact) mass is 312 g/mol. The van der Waals surface area contributed by atoms with Crippen molar-refractivity contribution in [2.45, 2.75) is 17.9 Å². The normalized spacial score (nSPS) is 12.2. The van der Waals surface area contributed by atoms with Gasteiger partial charge in [0, 0.05) is 10.9 Å². The summed E-state index contributed by atoms with van der Waals surface area (Å²) in [7, 11) is 0. The van der Waals surface area contributed by atoms with E-state index in [2.05, 4.69) is 4.72 Å². The van der Waals surface area contributed by atoms with Gasteiger partial charge in [0.15, 0.2) is 0 Å². The van der Waals surface area contributed by atoms with Crippen molar-refractivity contribution in [2.75, 3.05) is 0 Å². The molecular weight excluding hydrogens is 299 g/mol. The van der Waals surface area contributed by atoms with E-state index in [4.69, 9.17) is 5.21 Å².